The Morgan fingerprint density at radius 3 is 2.09 bits per heavy atom. The number of amides is 1. The molecule has 0 saturated carbocycles. The number of nitrogens with one attached hydrogen (secondary N) is 1. The van der Waals surface area contributed by atoms with Gasteiger partial charge in [-0.3, -0.25) is 4.79 Å². The van der Waals surface area contributed by atoms with Crippen molar-refractivity contribution in [3.05, 3.63) is 28.3 Å². The summed E-state index contributed by atoms with van der Waals surface area (Å²) >= 11 is 6.16. The zero-order valence-corrected chi connectivity index (χ0v) is 16.4. The SMILES string of the molecule is Cc1cc(OC(C)C(=O)NC(C)(C)CC(C)(C)C)cc(C)c1Cl. The molecule has 130 valence electrons. The van der Waals surface area contributed by atoms with E-state index in [1.54, 1.807) is 6.92 Å². The first-order valence-electron chi connectivity index (χ1n) is 8.06. The summed E-state index contributed by atoms with van der Waals surface area (Å²) < 4.78 is 5.80. The number of hydrogen-bond acceptors (Lipinski definition) is 2. The maximum absolute atomic E-state index is 12.4. The minimum absolute atomic E-state index is 0.107. The predicted molar refractivity (Wildman–Crippen MR) is 97.3 cm³/mol. The molecule has 0 heterocycles. The van der Waals surface area contributed by atoms with Gasteiger partial charge in [-0.2, -0.15) is 0 Å². The molecule has 0 bridgehead atoms. The van der Waals surface area contributed by atoms with Crippen molar-refractivity contribution in [2.75, 3.05) is 0 Å². The van der Waals surface area contributed by atoms with Crippen LogP contribution in [0.3, 0.4) is 0 Å². The van der Waals surface area contributed by atoms with E-state index < -0.39 is 6.10 Å². The van der Waals surface area contributed by atoms with Crippen molar-refractivity contribution in [3.8, 4) is 5.75 Å². The number of carbonyl (C=O) groups is 1. The van der Waals surface area contributed by atoms with Crippen LogP contribution in [0.15, 0.2) is 12.1 Å². The Bertz CT molecular complexity index is 550. The van der Waals surface area contributed by atoms with Gasteiger partial charge < -0.3 is 10.1 Å². The number of rotatable bonds is 5. The third-order valence-electron chi connectivity index (χ3n) is 3.53. The maximum Gasteiger partial charge on any atom is 0.261 e. The van der Waals surface area contributed by atoms with Crippen molar-refractivity contribution in [1.82, 2.24) is 5.32 Å². The van der Waals surface area contributed by atoms with Crippen LogP contribution in [0.25, 0.3) is 0 Å². The van der Waals surface area contributed by atoms with Crippen molar-refractivity contribution in [2.45, 2.75) is 73.5 Å². The molecule has 1 aromatic carbocycles. The van der Waals surface area contributed by atoms with Crippen molar-refractivity contribution in [1.29, 1.82) is 0 Å². The highest BCUT2D eigenvalue weighted by molar-refractivity contribution is 6.32. The number of benzene rings is 1. The summed E-state index contributed by atoms with van der Waals surface area (Å²) in [5, 5.41) is 3.82. The van der Waals surface area contributed by atoms with Crippen LogP contribution in [-0.2, 0) is 4.79 Å². The maximum atomic E-state index is 12.4. The van der Waals surface area contributed by atoms with E-state index in [9.17, 15) is 4.79 Å². The molecule has 0 fully saturated rings. The van der Waals surface area contributed by atoms with Crippen molar-refractivity contribution in [3.63, 3.8) is 0 Å². The normalized spacial score (nSPS) is 13.6. The van der Waals surface area contributed by atoms with Gasteiger partial charge >= 0.3 is 0 Å². The molecule has 0 spiro atoms. The topological polar surface area (TPSA) is 38.3 Å². The lowest BCUT2D eigenvalue weighted by atomic mass is 9.81. The van der Waals surface area contributed by atoms with Gasteiger partial charge in [-0.1, -0.05) is 32.4 Å². The van der Waals surface area contributed by atoms with Crippen LogP contribution >= 0.6 is 11.6 Å². The first-order chi connectivity index (χ1) is 10.3. The van der Waals surface area contributed by atoms with Gasteiger partial charge in [0.15, 0.2) is 6.10 Å². The van der Waals surface area contributed by atoms with E-state index in [1.807, 2.05) is 39.8 Å². The van der Waals surface area contributed by atoms with Crippen LogP contribution in [0, 0.1) is 19.3 Å². The number of halogens is 1. The molecule has 0 aliphatic heterocycles. The lowest BCUT2D eigenvalue weighted by molar-refractivity contribution is -0.129. The van der Waals surface area contributed by atoms with E-state index in [4.69, 9.17) is 16.3 Å². The minimum atomic E-state index is -0.561. The molecule has 1 amide bonds. The van der Waals surface area contributed by atoms with Gasteiger partial charge in [-0.05, 0) is 69.7 Å². The van der Waals surface area contributed by atoms with Gasteiger partial charge in [0.25, 0.3) is 5.91 Å². The third-order valence-corrected chi connectivity index (χ3v) is 4.12. The van der Waals surface area contributed by atoms with Crippen LogP contribution in [0.1, 0.15) is 59.1 Å². The number of aryl methyl sites for hydroxylation is 2. The summed E-state index contributed by atoms with van der Waals surface area (Å²) in [6.07, 6.45) is 0.326. The Kier molecular flexibility index (Phi) is 6.14. The molecule has 0 aromatic heterocycles. The van der Waals surface area contributed by atoms with Gasteiger partial charge in [-0.15, -0.1) is 0 Å². The van der Waals surface area contributed by atoms with E-state index in [1.165, 1.54) is 0 Å². The Morgan fingerprint density at radius 2 is 1.65 bits per heavy atom. The van der Waals surface area contributed by atoms with E-state index in [0.29, 0.717) is 5.75 Å². The molecule has 1 rings (SSSR count). The molecular formula is C19H30ClNO2. The molecular weight excluding hydrogens is 310 g/mol. The second-order valence-corrected chi connectivity index (χ2v) is 8.62. The zero-order chi connectivity index (χ0) is 18.0. The molecule has 0 saturated heterocycles. The van der Waals surface area contributed by atoms with Gasteiger partial charge in [0.2, 0.25) is 0 Å². The summed E-state index contributed by atoms with van der Waals surface area (Å²) in [7, 11) is 0. The minimum Gasteiger partial charge on any atom is -0.481 e. The third kappa shape index (κ3) is 6.42. The van der Waals surface area contributed by atoms with Crippen LogP contribution < -0.4 is 10.1 Å². The summed E-state index contributed by atoms with van der Waals surface area (Å²) in [6, 6.07) is 3.72. The highest BCUT2D eigenvalue weighted by atomic mass is 35.5. The van der Waals surface area contributed by atoms with Crippen LogP contribution in [0.4, 0.5) is 0 Å². The summed E-state index contributed by atoms with van der Waals surface area (Å²) in [5.41, 5.74) is 1.76. The monoisotopic (exact) mass is 339 g/mol. The van der Waals surface area contributed by atoms with Crippen molar-refractivity contribution >= 4 is 17.5 Å². The fraction of sp³-hybridized carbons (Fsp3) is 0.632. The van der Waals surface area contributed by atoms with Crippen LogP contribution in [0.2, 0.25) is 5.02 Å². The van der Waals surface area contributed by atoms with Gasteiger partial charge in [0, 0.05) is 10.6 Å². The second-order valence-electron chi connectivity index (χ2n) is 8.24. The van der Waals surface area contributed by atoms with E-state index >= 15 is 0 Å². The predicted octanol–water partition coefficient (Wildman–Crippen LogP) is 5.06. The summed E-state index contributed by atoms with van der Waals surface area (Å²) in [6.45, 7) is 16.2. The van der Waals surface area contributed by atoms with E-state index in [-0.39, 0.29) is 16.9 Å². The zero-order valence-electron chi connectivity index (χ0n) is 15.6. The molecule has 1 atom stereocenters. The lowest BCUT2D eigenvalue weighted by Gasteiger charge is -2.34. The quantitative estimate of drug-likeness (QED) is 0.814. The highest BCUT2D eigenvalue weighted by Crippen LogP contribution is 2.28. The Balaban J connectivity index is 2.74. The van der Waals surface area contributed by atoms with Gasteiger partial charge in [-0.25, -0.2) is 0 Å². The summed E-state index contributed by atoms with van der Waals surface area (Å²) in [5.74, 6) is 0.560. The molecule has 1 unspecified atom stereocenters. The molecule has 0 radical (unpaired) electrons. The van der Waals surface area contributed by atoms with Gasteiger partial charge in [0.05, 0.1) is 0 Å². The highest BCUT2D eigenvalue weighted by Gasteiger charge is 2.29. The second kappa shape index (κ2) is 7.12. The smallest absolute Gasteiger partial charge is 0.261 e. The molecule has 0 aliphatic carbocycles. The van der Waals surface area contributed by atoms with Crippen molar-refractivity contribution < 1.29 is 9.53 Å². The Hall–Kier alpha value is -1.22. The molecule has 23 heavy (non-hydrogen) atoms. The fourth-order valence-corrected chi connectivity index (χ4v) is 3.15. The average molecular weight is 340 g/mol. The summed E-state index contributed by atoms with van der Waals surface area (Å²) in [4.78, 5) is 12.4. The number of carbonyl (C=O) groups excluding carboxylic acids is 1. The molecule has 1 N–H and O–H groups in total. The first kappa shape index (κ1) is 19.8. The first-order valence-corrected chi connectivity index (χ1v) is 8.44. The Morgan fingerprint density at radius 1 is 1.17 bits per heavy atom. The van der Waals surface area contributed by atoms with Gasteiger partial charge in [0.1, 0.15) is 5.75 Å². The number of ether oxygens (including phenoxy) is 1. The molecule has 0 aliphatic rings. The lowest BCUT2D eigenvalue weighted by Crippen LogP contribution is -2.50. The standard InChI is InChI=1S/C19H30ClNO2/c1-12-9-15(10-13(2)16(12)20)23-14(3)17(22)21-19(7,8)11-18(4,5)6/h9-10,14H,11H2,1-8H3,(H,21,22). The average Bonchev–Trinajstić information content (AvgIpc) is 2.31. The van der Waals surface area contributed by atoms with E-state index in [2.05, 4.69) is 26.1 Å². The number of hydrogen-bond donors (Lipinski definition) is 1. The fourth-order valence-electron chi connectivity index (χ4n) is 3.04. The van der Waals surface area contributed by atoms with Crippen LogP contribution in [-0.4, -0.2) is 17.6 Å². The van der Waals surface area contributed by atoms with Crippen molar-refractivity contribution in [2.24, 2.45) is 5.41 Å². The molecule has 1 aromatic rings. The Labute approximate surface area is 145 Å². The largest absolute Gasteiger partial charge is 0.481 e. The molecule has 4 heteroatoms. The molecule has 3 nitrogen and oxygen atoms in total. The van der Waals surface area contributed by atoms with E-state index in [0.717, 1.165) is 22.6 Å². The van der Waals surface area contributed by atoms with Crippen LogP contribution in [0.5, 0.6) is 5.75 Å².